The van der Waals surface area contributed by atoms with Gasteiger partial charge in [0.2, 0.25) is 23.4 Å². The number of aryl methyl sites for hydroxylation is 1. The summed E-state index contributed by atoms with van der Waals surface area (Å²) in [4.78, 5) is 12.9. The van der Waals surface area contributed by atoms with E-state index >= 15 is 0 Å². The number of nitriles is 1. The lowest BCUT2D eigenvalue weighted by atomic mass is 10.3. The molecule has 1 aliphatic heterocycles. The van der Waals surface area contributed by atoms with Crippen LogP contribution in [0.5, 0.6) is 0 Å². The normalized spacial score (nSPS) is 19.0. The van der Waals surface area contributed by atoms with Crippen LogP contribution in [0.4, 0.5) is 5.88 Å². The van der Waals surface area contributed by atoms with E-state index in [2.05, 4.69) is 31.0 Å². The summed E-state index contributed by atoms with van der Waals surface area (Å²) in [6, 6.07) is 2.16. The van der Waals surface area contributed by atoms with Gasteiger partial charge in [0, 0.05) is 32.1 Å². The van der Waals surface area contributed by atoms with Gasteiger partial charge in [-0.1, -0.05) is 5.16 Å². The Morgan fingerprint density at radius 1 is 1.22 bits per heavy atom. The summed E-state index contributed by atoms with van der Waals surface area (Å²) in [5.74, 6) is 3.07. The van der Waals surface area contributed by atoms with E-state index in [-0.39, 0.29) is 0 Å². The second-order valence-electron chi connectivity index (χ2n) is 6.09. The molecule has 23 heavy (non-hydrogen) atoms. The first-order valence-corrected chi connectivity index (χ1v) is 7.90. The van der Waals surface area contributed by atoms with Crippen molar-refractivity contribution in [2.45, 2.75) is 32.2 Å². The molecule has 0 spiro atoms. The number of hydrogen-bond donors (Lipinski definition) is 0. The third-order valence-corrected chi connectivity index (χ3v) is 4.25. The van der Waals surface area contributed by atoms with E-state index in [9.17, 15) is 5.26 Å². The maximum absolute atomic E-state index is 9.28. The second-order valence-corrected chi connectivity index (χ2v) is 6.09. The van der Waals surface area contributed by atoms with Crippen LogP contribution in [0, 0.1) is 18.3 Å². The number of hydrogen-bond acceptors (Lipinski definition) is 8. The number of aromatic nitrogens is 3. The highest BCUT2D eigenvalue weighted by molar-refractivity contribution is 5.48. The Hall–Kier alpha value is -2.40. The summed E-state index contributed by atoms with van der Waals surface area (Å²) in [6.45, 7) is 5.76. The molecule has 0 aromatic carbocycles. The van der Waals surface area contributed by atoms with Crippen molar-refractivity contribution < 1.29 is 8.94 Å². The highest BCUT2D eigenvalue weighted by Gasteiger charge is 2.32. The molecule has 1 saturated heterocycles. The molecule has 1 aliphatic carbocycles. The lowest BCUT2D eigenvalue weighted by Gasteiger charge is -2.33. The zero-order valence-electron chi connectivity index (χ0n) is 13.0. The van der Waals surface area contributed by atoms with Crippen LogP contribution >= 0.6 is 0 Å². The largest absolute Gasteiger partial charge is 0.423 e. The van der Waals surface area contributed by atoms with E-state index < -0.39 is 0 Å². The van der Waals surface area contributed by atoms with E-state index in [1.807, 2.05) is 6.92 Å². The fourth-order valence-electron chi connectivity index (χ4n) is 2.82. The molecule has 3 heterocycles. The fraction of sp³-hybridized carbons (Fsp3) is 0.600. The summed E-state index contributed by atoms with van der Waals surface area (Å²) in [6.07, 6.45) is 2.23. The second kappa shape index (κ2) is 5.66. The molecule has 0 N–H and O–H groups in total. The molecule has 8 nitrogen and oxygen atoms in total. The predicted octanol–water partition coefficient (Wildman–Crippen LogP) is 1.44. The molecule has 0 unspecified atom stereocenters. The first-order valence-electron chi connectivity index (χ1n) is 7.90. The molecule has 0 radical (unpaired) electrons. The monoisotopic (exact) mass is 314 g/mol. The molecule has 120 valence electrons. The minimum absolute atomic E-state index is 0.410. The molecule has 8 heteroatoms. The summed E-state index contributed by atoms with van der Waals surface area (Å²) in [5, 5.41) is 13.1. The third-order valence-electron chi connectivity index (χ3n) is 4.25. The molecule has 2 aliphatic rings. The summed E-state index contributed by atoms with van der Waals surface area (Å²) in [5.41, 5.74) is 0.410. The van der Waals surface area contributed by atoms with Gasteiger partial charge in [-0.2, -0.15) is 10.2 Å². The van der Waals surface area contributed by atoms with Gasteiger partial charge in [-0.25, -0.2) is 4.98 Å². The smallest absolute Gasteiger partial charge is 0.240 e. The Morgan fingerprint density at radius 2 is 2.00 bits per heavy atom. The Labute approximate surface area is 133 Å². The van der Waals surface area contributed by atoms with E-state index in [1.165, 1.54) is 0 Å². The highest BCUT2D eigenvalue weighted by Crippen LogP contribution is 2.41. The Bertz CT molecular complexity index is 733. The van der Waals surface area contributed by atoms with Crippen molar-refractivity contribution in [2.24, 2.45) is 0 Å². The van der Waals surface area contributed by atoms with E-state index in [4.69, 9.17) is 8.94 Å². The van der Waals surface area contributed by atoms with Crippen molar-refractivity contribution in [2.75, 3.05) is 31.1 Å². The van der Waals surface area contributed by atoms with Gasteiger partial charge in [-0.15, -0.1) is 0 Å². The van der Waals surface area contributed by atoms with Gasteiger partial charge in [0.05, 0.1) is 6.54 Å². The third kappa shape index (κ3) is 2.92. The van der Waals surface area contributed by atoms with E-state index in [0.717, 1.165) is 44.9 Å². The molecule has 2 fully saturated rings. The van der Waals surface area contributed by atoms with Crippen molar-refractivity contribution >= 4 is 5.88 Å². The summed E-state index contributed by atoms with van der Waals surface area (Å²) in [7, 11) is 0. The molecule has 0 amide bonds. The van der Waals surface area contributed by atoms with Gasteiger partial charge in [0.15, 0.2) is 5.82 Å². The average Bonchev–Trinajstić information content (AvgIpc) is 3.20. The minimum Gasteiger partial charge on any atom is -0.423 e. The molecule has 2 aromatic heterocycles. The van der Waals surface area contributed by atoms with Crippen molar-refractivity contribution in [3.05, 3.63) is 23.3 Å². The van der Waals surface area contributed by atoms with Gasteiger partial charge >= 0.3 is 0 Å². The van der Waals surface area contributed by atoms with Crippen LogP contribution in [-0.4, -0.2) is 46.2 Å². The first kappa shape index (κ1) is 14.2. The standard InChI is InChI=1S/C15H18N6O2/c1-10-17-13(23-19-10)9-20-4-6-21(7-5-20)15-12(8-16)18-14(22-15)11-2-3-11/h11H,2-7,9H2,1H3. The number of anilines is 1. The first-order chi connectivity index (χ1) is 11.2. The van der Waals surface area contributed by atoms with Crippen molar-refractivity contribution in [3.63, 3.8) is 0 Å². The van der Waals surface area contributed by atoms with E-state index in [1.54, 1.807) is 0 Å². The molecule has 2 aromatic rings. The van der Waals surface area contributed by atoms with Gasteiger partial charge < -0.3 is 13.8 Å². The maximum Gasteiger partial charge on any atom is 0.240 e. The molecule has 1 saturated carbocycles. The Kier molecular flexibility index (Phi) is 3.50. The van der Waals surface area contributed by atoms with Gasteiger partial charge in [0.25, 0.3) is 0 Å². The molecule has 0 atom stereocenters. The predicted molar refractivity (Wildman–Crippen MR) is 79.7 cm³/mol. The maximum atomic E-state index is 9.28. The average molecular weight is 314 g/mol. The van der Waals surface area contributed by atoms with Gasteiger partial charge in [0.1, 0.15) is 6.07 Å². The lowest BCUT2D eigenvalue weighted by molar-refractivity contribution is 0.212. The highest BCUT2D eigenvalue weighted by atomic mass is 16.5. The van der Waals surface area contributed by atoms with Crippen LogP contribution in [0.25, 0.3) is 0 Å². The molecular formula is C15H18N6O2. The Balaban J connectivity index is 1.40. The fourth-order valence-corrected chi connectivity index (χ4v) is 2.82. The molecular weight excluding hydrogens is 296 g/mol. The van der Waals surface area contributed by atoms with Crippen LogP contribution < -0.4 is 4.90 Å². The topological polar surface area (TPSA) is 95.2 Å². The quantitative estimate of drug-likeness (QED) is 0.836. The van der Waals surface area contributed by atoms with Crippen LogP contribution in [0.15, 0.2) is 8.94 Å². The van der Waals surface area contributed by atoms with Crippen LogP contribution in [0.3, 0.4) is 0 Å². The van der Waals surface area contributed by atoms with Gasteiger partial charge in [-0.3, -0.25) is 4.90 Å². The van der Waals surface area contributed by atoms with Crippen LogP contribution in [0.1, 0.15) is 42.1 Å². The Morgan fingerprint density at radius 3 is 2.61 bits per heavy atom. The van der Waals surface area contributed by atoms with Crippen molar-refractivity contribution in [1.29, 1.82) is 5.26 Å². The number of rotatable bonds is 4. The molecule has 0 bridgehead atoms. The van der Waals surface area contributed by atoms with Crippen LogP contribution in [0.2, 0.25) is 0 Å². The van der Waals surface area contributed by atoms with Crippen LogP contribution in [-0.2, 0) is 6.54 Å². The number of oxazole rings is 1. The summed E-state index contributed by atoms with van der Waals surface area (Å²) >= 11 is 0. The zero-order valence-corrected chi connectivity index (χ0v) is 13.0. The summed E-state index contributed by atoms with van der Waals surface area (Å²) < 4.78 is 11.0. The van der Waals surface area contributed by atoms with E-state index in [0.29, 0.717) is 35.8 Å². The molecule has 4 rings (SSSR count). The van der Waals surface area contributed by atoms with Crippen molar-refractivity contribution in [1.82, 2.24) is 20.0 Å². The SMILES string of the molecule is Cc1noc(CN2CCN(c3oc(C4CC4)nc3C#N)CC2)n1. The van der Waals surface area contributed by atoms with Gasteiger partial charge in [-0.05, 0) is 19.8 Å². The minimum atomic E-state index is 0.410. The van der Waals surface area contributed by atoms with Crippen molar-refractivity contribution in [3.8, 4) is 6.07 Å². The lowest BCUT2D eigenvalue weighted by Crippen LogP contribution is -2.46. The zero-order chi connectivity index (χ0) is 15.8. The number of piperazine rings is 1. The number of nitrogens with zero attached hydrogens (tertiary/aromatic N) is 6.